The van der Waals surface area contributed by atoms with Crippen molar-refractivity contribution in [2.24, 2.45) is 0 Å². The molecule has 2 aliphatic heterocycles. The summed E-state index contributed by atoms with van der Waals surface area (Å²) in [5.41, 5.74) is 2.51. The fraction of sp³-hybridized carbons (Fsp3) is 0.385. The van der Waals surface area contributed by atoms with Crippen molar-refractivity contribution in [3.63, 3.8) is 0 Å². The summed E-state index contributed by atoms with van der Waals surface area (Å²) in [5, 5.41) is 22.9. The predicted octanol–water partition coefficient (Wildman–Crippen LogP) is 12.0. The Hall–Kier alpha value is -8.56. The summed E-state index contributed by atoms with van der Waals surface area (Å²) in [6.45, 7) is 26.5. The van der Waals surface area contributed by atoms with Gasteiger partial charge in [0.05, 0.1) is 32.2 Å². The number of carbonyl (C=O) groups excluding carboxylic acids is 2. The van der Waals surface area contributed by atoms with Crippen molar-refractivity contribution in [1.82, 2.24) is 38.9 Å². The average Bonchev–Trinajstić information content (AvgIpc) is 0.818. The molecule has 2 saturated heterocycles. The van der Waals surface area contributed by atoms with Gasteiger partial charge in [-0.3, -0.25) is 15.2 Å². The number of ether oxygens (including phenoxy) is 1. The zero-order valence-corrected chi connectivity index (χ0v) is 50.7. The Bertz CT molecular complexity index is 4100. The van der Waals surface area contributed by atoms with Gasteiger partial charge in [-0.05, 0) is 102 Å². The SMILES string of the molecule is C.C.C.C=CC(=O)N1CCN(c2nc(=O)n(-c3c(C)cc[n+](O)c3C(C)C)c3nc(-c4ccccc4F)c(Cl)cc23)[C@@H](C)C1.Cc1cc[n+](O)c(C(C)C)c1-n1c(=O)nc(N2CCN(C(=O)OC(C)(C)C)C[C@@H]2C)c2cc(Cl)c(-c3ccccc3F)nc21. The number of amides is 2. The van der Waals surface area contributed by atoms with Crippen LogP contribution in [0, 0.1) is 25.5 Å². The number of halogens is 4. The number of anilines is 2. The van der Waals surface area contributed by atoms with E-state index in [1.165, 1.54) is 39.7 Å². The third-order valence-electron chi connectivity index (χ3n) is 15.0. The van der Waals surface area contributed by atoms with Crippen LogP contribution >= 0.6 is 23.2 Å². The van der Waals surface area contributed by atoms with E-state index >= 15 is 4.39 Å². The normalized spacial score (nSPS) is 15.1. The Morgan fingerprint density at radius 1 is 0.659 bits per heavy atom. The monoisotopic (exact) mass is 1250 g/mol. The average molecular weight is 1250 g/mol. The van der Waals surface area contributed by atoms with Crippen molar-refractivity contribution >= 4 is 68.9 Å². The molecule has 8 aromatic rings. The first-order chi connectivity index (χ1) is 40.2. The smallest absolute Gasteiger partial charge is 0.410 e. The number of rotatable bonds is 9. The summed E-state index contributed by atoms with van der Waals surface area (Å²) >= 11 is 13.5. The number of aryl methyl sites for hydroxylation is 2. The number of fused-ring (bicyclic) bond motifs is 2. The van der Waals surface area contributed by atoms with E-state index in [-0.39, 0.29) is 96.0 Å². The highest BCUT2D eigenvalue weighted by atomic mass is 35.5. The highest BCUT2D eigenvalue weighted by Crippen LogP contribution is 2.39. The van der Waals surface area contributed by atoms with Gasteiger partial charge in [0.1, 0.15) is 40.2 Å². The van der Waals surface area contributed by atoms with Crippen LogP contribution in [0.1, 0.15) is 119 Å². The predicted molar refractivity (Wildman–Crippen MR) is 342 cm³/mol. The second-order valence-electron chi connectivity index (χ2n) is 22.9. The van der Waals surface area contributed by atoms with Crippen LogP contribution in [-0.4, -0.2) is 118 Å². The molecule has 0 spiro atoms. The van der Waals surface area contributed by atoms with Gasteiger partial charge >= 0.3 is 17.5 Å². The molecule has 0 saturated carbocycles. The van der Waals surface area contributed by atoms with Crippen LogP contribution in [0.4, 0.5) is 25.2 Å². The van der Waals surface area contributed by atoms with Gasteiger partial charge in [0.2, 0.25) is 18.3 Å². The van der Waals surface area contributed by atoms with Crippen molar-refractivity contribution in [3.8, 4) is 33.9 Å². The first kappa shape index (κ1) is 68.6. The van der Waals surface area contributed by atoms with Crippen LogP contribution < -0.4 is 30.6 Å². The van der Waals surface area contributed by atoms with Crippen molar-refractivity contribution in [2.75, 3.05) is 49.1 Å². The number of nitrogens with zero attached hydrogens (tertiary/aromatic N) is 12. The van der Waals surface area contributed by atoms with E-state index in [4.69, 9.17) is 37.9 Å². The molecule has 2 fully saturated rings. The molecule has 2 N–H and O–H groups in total. The van der Waals surface area contributed by atoms with Gasteiger partial charge in [-0.25, -0.2) is 42.3 Å². The van der Waals surface area contributed by atoms with Crippen molar-refractivity contribution < 1.29 is 43.0 Å². The lowest BCUT2D eigenvalue weighted by molar-refractivity contribution is -0.910. The zero-order chi connectivity index (χ0) is 61.7. The molecular formula is C65H80Cl2F2N12O7+2. The van der Waals surface area contributed by atoms with E-state index in [1.54, 1.807) is 70.5 Å². The van der Waals surface area contributed by atoms with Gasteiger partial charge in [-0.15, -0.1) is 0 Å². The van der Waals surface area contributed by atoms with E-state index < -0.39 is 34.7 Å². The maximum absolute atomic E-state index is 15.0. The minimum atomic E-state index is -0.630. The summed E-state index contributed by atoms with van der Waals surface area (Å²) in [5.74, 6) is -0.825. The van der Waals surface area contributed by atoms with Crippen molar-refractivity contribution in [3.05, 3.63) is 163 Å². The van der Waals surface area contributed by atoms with E-state index in [0.717, 1.165) is 9.46 Å². The van der Waals surface area contributed by atoms with Gasteiger partial charge in [-0.2, -0.15) is 9.97 Å². The summed E-state index contributed by atoms with van der Waals surface area (Å²) in [7, 11) is 0. The number of carbonyl (C=O) groups is 2. The minimum absolute atomic E-state index is 0. The Morgan fingerprint density at radius 3 is 1.41 bits per heavy atom. The van der Waals surface area contributed by atoms with Crippen LogP contribution in [0.25, 0.3) is 56.0 Å². The number of hydrogen-bond acceptors (Lipinski definition) is 13. The third-order valence-corrected chi connectivity index (χ3v) is 15.6. The Balaban J connectivity index is 0.000000272. The number of benzene rings is 2. The largest absolute Gasteiger partial charge is 0.444 e. The molecule has 6 aromatic heterocycles. The lowest BCUT2D eigenvalue weighted by atomic mass is 10.0. The maximum atomic E-state index is 15.0. The lowest BCUT2D eigenvalue weighted by Gasteiger charge is -2.41. The molecular weight excluding hydrogens is 1170 g/mol. The van der Waals surface area contributed by atoms with E-state index in [0.29, 0.717) is 95.6 Å². The number of pyridine rings is 4. The van der Waals surface area contributed by atoms with E-state index in [1.807, 2.05) is 86.0 Å². The van der Waals surface area contributed by atoms with Gasteiger partial charge in [0, 0.05) is 95.9 Å². The molecule has 0 bridgehead atoms. The molecule has 23 heteroatoms. The molecule has 19 nitrogen and oxygen atoms in total. The lowest BCUT2D eigenvalue weighted by Crippen LogP contribution is -2.55. The molecule has 2 aromatic carbocycles. The second-order valence-corrected chi connectivity index (χ2v) is 23.7. The van der Waals surface area contributed by atoms with Gasteiger partial charge < -0.3 is 24.3 Å². The van der Waals surface area contributed by atoms with E-state index in [9.17, 15) is 34.0 Å². The molecule has 88 heavy (non-hydrogen) atoms. The van der Waals surface area contributed by atoms with Gasteiger partial charge in [0.15, 0.2) is 11.3 Å². The topological polar surface area (TPSA) is 200 Å². The highest BCUT2D eigenvalue weighted by Gasteiger charge is 2.36. The number of hydrogen-bond donors (Lipinski definition) is 2. The highest BCUT2D eigenvalue weighted by molar-refractivity contribution is 6.34. The molecule has 2 aliphatic rings. The number of piperazine rings is 2. The third kappa shape index (κ3) is 13.3. The van der Waals surface area contributed by atoms with Crippen molar-refractivity contribution in [1.29, 1.82) is 0 Å². The quantitative estimate of drug-likeness (QED) is 0.0786. The van der Waals surface area contributed by atoms with E-state index in [2.05, 4.69) is 16.5 Å². The minimum Gasteiger partial charge on any atom is -0.444 e. The molecule has 10 rings (SSSR count). The fourth-order valence-corrected chi connectivity index (χ4v) is 11.6. The Kier molecular flexibility index (Phi) is 21.2. The van der Waals surface area contributed by atoms with Crippen LogP contribution in [0.2, 0.25) is 10.0 Å². The summed E-state index contributed by atoms with van der Waals surface area (Å²) < 4.78 is 40.2. The molecule has 0 aliphatic carbocycles. The molecule has 0 radical (unpaired) electrons. The standard InChI is InChI=1S/C32H37ClFN6O4.C30H31ClFN6O3.3CH4/c1-18(2)26-27(19(3)12-13-39(26)43)40-29-22(16-23(33)25(35-29)21-10-8-9-11-24(21)34)28(36-30(40)41)38-15-14-37(17-20(38)4)31(42)44-32(5,6)7;1-6-24(39)35-13-14-36(19(5)16-35)28-21-15-22(31)25(20-9-7-8-10-23(20)32)33-29(21)38(30(40)34-28)27-18(4)11-12-37(41)26(27)17(2)3;;;/h8-13,16,18,20,43H,14-15,17H2,1-7H3;6-12,15,17,19,41H,1,13-14,16H2,2-5H3;3*1H4/q2*+1;;;/t20-;19-;;;/m00.../s1. The molecule has 2 amide bonds. The molecule has 8 heterocycles. The summed E-state index contributed by atoms with van der Waals surface area (Å²) in [4.78, 5) is 79.0. The first-order valence-electron chi connectivity index (χ1n) is 27.9. The Labute approximate surface area is 522 Å². The molecule has 0 unspecified atom stereocenters. The fourth-order valence-electron chi connectivity index (χ4n) is 11.1. The van der Waals surface area contributed by atoms with Crippen molar-refractivity contribution in [2.45, 2.75) is 128 Å². The van der Waals surface area contributed by atoms with Crippen LogP contribution in [-0.2, 0) is 9.53 Å². The maximum Gasteiger partial charge on any atom is 0.410 e. The van der Waals surface area contributed by atoms with Gasteiger partial charge in [0.25, 0.3) is 11.4 Å². The van der Waals surface area contributed by atoms with Crippen LogP contribution in [0.15, 0.2) is 107 Å². The van der Waals surface area contributed by atoms with Crippen LogP contribution in [0.5, 0.6) is 0 Å². The zero-order valence-electron chi connectivity index (χ0n) is 49.2. The summed E-state index contributed by atoms with van der Waals surface area (Å²) in [6, 6.07) is 18.6. The Morgan fingerprint density at radius 2 is 1.05 bits per heavy atom. The van der Waals surface area contributed by atoms with Crippen LogP contribution in [0.3, 0.4) is 0 Å². The summed E-state index contributed by atoms with van der Waals surface area (Å²) in [6.07, 6.45) is 3.91. The number of aromatic nitrogens is 8. The van der Waals surface area contributed by atoms with Gasteiger partial charge in [-0.1, -0.05) is 104 Å². The molecule has 2 atom stereocenters. The second kappa shape index (κ2) is 27.2. The first-order valence-corrected chi connectivity index (χ1v) is 28.6. The molecule has 468 valence electrons.